The van der Waals surface area contributed by atoms with Gasteiger partial charge in [0.25, 0.3) is 0 Å². The van der Waals surface area contributed by atoms with Gasteiger partial charge in [0.2, 0.25) is 29.7 Å². The van der Waals surface area contributed by atoms with Crippen LogP contribution < -0.4 is 26.6 Å². The molecule has 16 heterocycles. The number of nitrogens with one attached hydrogen (secondary N) is 9. The molecule has 42 heteroatoms. The highest BCUT2D eigenvalue weighted by atomic mass is 16.6. The van der Waals surface area contributed by atoms with Crippen LogP contribution in [0.1, 0.15) is 71.5 Å². The Morgan fingerprint density at radius 1 is 0.394 bits per heavy atom. The number of likely N-dealkylation sites (N-methyl/N-ethyl adjacent to an activating group) is 1. The molecule has 20 rings (SSSR count). The summed E-state index contributed by atoms with van der Waals surface area (Å²) in [4.78, 5) is 163. The summed E-state index contributed by atoms with van der Waals surface area (Å²) in [6.45, 7) is 30.2. The Hall–Kier alpha value is -16.1. The third-order valence-electron chi connectivity index (χ3n) is 23.8. The number of ether oxygens (including phenoxy) is 5. The van der Waals surface area contributed by atoms with Crippen LogP contribution in [0.15, 0.2) is 190 Å². The summed E-state index contributed by atoms with van der Waals surface area (Å²) in [5, 5.41) is 13.8. The van der Waals surface area contributed by atoms with Crippen LogP contribution in [-0.4, -0.2) is 302 Å². The first-order valence-electron chi connectivity index (χ1n) is 47.1. The van der Waals surface area contributed by atoms with E-state index >= 15 is 0 Å². The van der Waals surface area contributed by atoms with Crippen LogP contribution in [0, 0.1) is 0 Å². The van der Waals surface area contributed by atoms with Gasteiger partial charge in [-0.3, -0.25) is 65.5 Å². The lowest BCUT2D eigenvalue weighted by atomic mass is 10.0. The summed E-state index contributed by atoms with van der Waals surface area (Å²) in [6, 6.07) is 35.7. The molecule has 0 aliphatic carbocycles. The maximum absolute atomic E-state index is 12.0. The molecule has 1 unspecified atom stereocenters. The highest BCUT2D eigenvalue weighted by Gasteiger charge is 2.27. The third-order valence-corrected chi connectivity index (χ3v) is 23.8. The summed E-state index contributed by atoms with van der Waals surface area (Å²) in [6.07, 6.45) is 20.8. The van der Waals surface area contributed by atoms with E-state index in [9.17, 15) is 24.0 Å². The van der Waals surface area contributed by atoms with Gasteiger partial charge in [0.15, 0.2) is 17.5 Å². The Morgan fingerprint density at radius 2 is 0.768 bits per heavy atom. The molecule has 1 atom stereocenters. The van der Waals surface area contributed by atoms with E-state index in [1.165, 1.54) is 0 Å². The highest BCUT2D eigenvalue weighted by molar-refractivity contribution is 6.01. The monoisotopic (exact) mass is 1920 g/mol. The molecule has 730 valence electrons. The molecule has 4 fully saturated rings. The number of benzene rings is 4. The van der Waals surface area contributed by atoms with Gasteiger partial charge in [-0.05, 0) is 162 Å². The molecular formula is C100H110N32O10. The van der Waals surface area contributed by atoms with Crippen molar-refractivity contribution in [1.82, 2.24) is 139 Å². The number of rotatable bonds is 25. The van der Waals surface area contributed by atoms with Gasteiger partial charge in [0.1, 0.15) is 28.2 Å². The summed E-state index contributed by atoms with van der Waals surface area (Å²) >= 11 is 0. The van der Waals surface area contributed by atoms with E-state index in [-0.39, 0.29) is 50.3 Å². The number of morpholine rings is 1. The average Bonchev–Trinajstić information content (AvgIpc) is 1.61. The molecule has 0 spiro atoms. The van der Waals surface area contributed by atoms with E-state index in [4.69, 9.17) is 33.7 Å². The van der Waals surface area contributed by atoms with E-state index in [0.717, 1.165) is 210 Å². The van der Waals surface area contributed by atoms with Crippen LogP contribution >= 0.6 is 0 Å². The van der Waals surface area contributed by atoms with Crippen LogP contribution in [0.25, 0.3) is 134 Å². The van der Waals surface area contributed by atoms with Crippen molar-refractivity contribution in [2.24, 2.45) is 0 Å². The normalized spacial score (nSPS) is 14.9. The Bertz CT molecular complexity index is 6980. The minimum Gasteiger partial charge on any atom is -0.450 e. The summed E-state index contributed by atoms with van der Waals surface area (Å²) in [5.74, 6) is 4.33. The van der Waals surface area contributed by atoms with Crippen molar-refractivity contribution in [3.63, 3.8) is 0 Å². The maximum atomic E-state index is 12.0. The third kappa shape index (κ3) is 25.1. The molecule has 142 heavy (non-hydrogen) atoms. The number of nitrogens with zero attached hydrogens (tertiary/aromatic N) is 23. The molecule has 4 aliphatic rings. The molecule has 12 aromatic heterocycles. The zero-order chi connectivity index (χ0) is 98.4. The fraction of sp³-hybridized carbons (Fsp3) is 0.320. The van der Waals surface area contributed by atoms with Gasteiger partial charge in [-0.25, -0.2) is 89.0 Å². The fourth-order valence-corrected chi connectivity index (χ4v) is 16.7. The van der Waals surface area contributed by atoms with E-state index in [2.05, 4.69) is 186 Å². The number of hydrogen-bond acceptors (Lipinski definition) is 33. The minimum atomic E-state index is -0.581. The van der Waals surface area contributed by atoms with Crippen molar-refractivity contribution >= 4 is 98.2 Å². The number of aromatic amines is 4. The SMILES string of the molecule is CCOC(=O)Nc1nc2c(-c3ccccn3)cc(-c3cnc(CN4CCN(C)C(=O)C4)nc3)cc2[nH]1.CCOC(=O)Nc1nc2c(-c3ncccn3)cc(-c3ccc(CN4CCN(C(C)C)CC4)nc3)cc2[nH]1.CCOC(=O)Nc1nc2c(-c3ncccn3)cc(-c3ccc(CN4CCOC(C)C4)nc3)cc2[nH]1.CCOC(=O)Nc1nc2c(-c3ncccn3)cc(-c3cnc(CN4CCNCC4)nc3)cc2[nH]1. The van der Waals surface area contributed by atoms with Crippen molar-refractivity contribution in [2.75, 3.05) is 146 Å². The second kappa shape index (κ2) is 46.6. The predicted molar refractivity (Wildman–Crippen MR) is 536 cm³/mol. The maximum Gasteiger partial charge on any atom is 0.413 e. The number of hydrogen-bond donors (Lipinski definition) is 9. The number of piperazine rings is 3. The van der Waals surface area contributed by atoms with Gasteiger partial charge in [-0.1, -0.05) is 18.2 Å². The quantitative estimate of drug-likeness (QED) is 0.0240. The smallest absolute Gasteiger partial charge is 0.413 e. The zero-order valence-electron chi connectivity index (χ0n) is 80.0. The Morgan fingerprint density at radius 3 is 1.15 bits per heavy atom. The van der Waals surface area contributed by atoms with Crippen LogP contribution in [-0.2, 0) is 54.7 Å². The molecule has 0 bridgehead atoms. The first-order chi connectivity index (χ1) is 69.3. The summed E-state index contributed by atoms with van der Waals surface area (Å²) < 4.78 is 25.5. The molecule has 16 aromatic rings. The Labute approximate surface area is 817 Å². The van der Waals surface area contributed by atoms with Gasteiger partial charge >= 0.3 is 24.4 Å². The molecule has 0 radical (unpaired) electrons. The van der Waals surface area contributed by atoms with Crippen LogP contribution in [0.3, 0.4) is 0 Å². The first kappa shape index (κ1) is 97.5. The van der Waals surface area contributed by atoms with Gasteiger partial charge in [0, 0.05) is 230 Å². The first-order valence-corrected chi connectivity index (χ1v) is 47.1. The van der Waals surface area contributed by atoms with Crippen molar-refractivity contribution in [1.29, 1.82) is 0 Å². The summed E-state index contributed by atoms with van der Waals surface area (Å²) in [5.41, 5.74) is 18.6. The van der Waals surface area contributed by atoms with Crippen LogP contribution in [0.4, 0.5) is 43.0 Å². The van der Waals surface area contributed by atoms with Crippen molar-refractivity contribution in [3.05, 3.63) is 213 Å². The molecule has 0 saturated carbocycles. The topological polar surface area (TPSA) is 493 Å². The van der Waals surface area contributed by atoms with E-state index in [1.807, 2.05) is 103 Å². The van der Waals surface area contributed by atoms with Gasteiger partial charge < -0.3 is 53.8 Å². The number of anilines is 4. The molecular weight excluding hydrogens is 1810 g/mol. The van der Waals surface area contributed by atoms with E-state index in [1.54, 1.807) is 107 Å². The molecule has 4 saturated heterocycles. The number of carbonyl (C=O) groups is 5. The Kier molecular flexibility index (Phi) is 32.0. The number of fused-ring (bicyclic) bond motifs is 4. The largest absolute Gasteiger partial charge is 0.450 e. The lowest BCUT2D eigenvalue weighted by Crippen LogP contribution is -2.48. The molecule has 9 N–H and O–H groups in total. The van der Waals surface area contributed by atoms with Gasteiger partial charge in [-0.2, -0.15) is 0 Å². The summed E-state index contributed by atoms with van der Waals surface area (Å²) in [7, 11) is 1.82. The van der Waals surface area contributed by atoms with Crippen molar-refractivity contribution in [3.8, 4) is 89.9 Å². The van der Waals surface area contributed by atoms with Crippen molar-refractivity contribution < 1.29 is 47.7 Å². The second-order valence-corrected chi connectivity index (χ2v) is 34.1. The zero-order valence-corrected chi connectivity index (χ0v) is 80.0. The second-order valence-electron chi connectivity index (χ2n) is 34.1. The van der Waals surface area contributed by atoms with Crippen LogP contribution in [0.5, 0.6) is 0 Å². The standard InChI is InChI=1S/C27H32N8O2.C25H26N8O3.C25H27N7O3.C23H25N9O2/c1-4-37-27(36)33-26-31-23-15-20(14-22(24(23)32-26)25-28-8-5-9-29-25)19-6-7-21(30-16-19)17-34-10-12-35(13-11-34)18(2)3;1-3-36-25(35)31-24-29-20-11-16(10-18(23(20)30-24)19-6-4-5-7-26-19)17-12-27-21(28-13-17)14-33-9-8-32(2)22(34)15-33;1-3-34-25(33)31-24-29-21-12-18(11-20(22(21)30-24)23-26-7-4-8-27-23)17-5-6-19(28-13-17)15-32-9-10-35-16(2)14-32;1-2-34-23(33)31-22-29-18-11-15(10-17(20(18)30-22)21-25-4-3-5-26-21)16-12-27-19(28-13-16)14-32-8-6-24-7-9-32/h5-9,14-16,18H,4,10-13,17H2,1-3H3,(H2,31,32,33,36);4-7,10-13H,3,8-9,14-15H2,1-2H3,(H2,29,30,31,35);4-8,11-13,16H,3,9-10,14-15H2,1-2H3,(H2,29,30,31,33);3-5,10-13,24H,2,6-9,14H2,1H3,(H2,29,30,31,33). The number of carbonyl (C=O) groups excluding carboxylic acids is 5. The molecule has 42 nitrogen and oxygen atoms in total. The highest BCUT2D eigenvalue weighted by Crippen LogP contribution is 2.38. The number of imidazole rings is 4. The lowest BCUT2D eigenvalue weighted by Gasteiger charge is -2.36. The van der Waals surface area contributed by atoms with E-state index < -0.39 is 24.4 Å². The number of amides is 5. The van der Waals surface area contributed by atoms with E-state index in [0.29, 0.717) is 82.9 Å². The van der Waals surface area contributed by atoms with Crippen molar-refractivity contribution in [2.45, 2.75) is 86.8 Å². The van der Waals surface area contributed by atoms with Crippen LogP contribution in [0.2, 0.25) is 0 Å². The predicted octanol–water partition coefficient (Wildman–Crippen LogP) is 13.4. The van der Waals surface area contributed by atoms with Gasteiger partial charge in [0.05, 0.1) is 103 Å². The molecule has 4 aromatic carbocycles. The number of aromatic nitrogens is 21. The average molecular weight is 1920 g/mol. The Balaban J connectivity index is 0.000000130. The molecule has 5 amide bonds. The number of H-pyrrole nitrogens is 4. The minimum absolute atomic E-state index is 0.101. The molecule has 4 aliphatic heterocycles. The fourth-order valence-electron chi connectivity index (χ4n) is 16.7. The number of pyridine rings is 3. The lowest BCUT2D eigenvalue weighted by molar-refractivity contribution is -0.134. The van der Waals surface area contributed by atoms with Gasteiger partial charge in [-0.15, -0.1) is 0 Å².